The molecule has 6 heterocycles. The van der Waals surface area contributed by atoms with Crippen molar-refractivity contribution in [3.63, 3.8) is 0 Å². The molecule has 12 aromatic carbocycles. The van der Waals surface area contributed by atoms with Crippen molar-refractivity contribution in [1.82, 2.24) is 29.9 Å². The fourth-order valence-electron chi connectivity index (χ4n) is 12.2. The van der Waals surface area contributed by atoms with Gasteiger partial charge in [-0.15, -0.1) is 215 Å². The molecule has 0 fully saturated rings. The molecule has 0 unspecified atom stereocenters. The van der Waals surface area contributed by atoms with Gasteiger partial charge >= 0.3 is 0 Å². The van der Waals surface area contributed by atoms with Crippen molar-refractivity contribution in [2.75, 3.05) is 0 Å². The molecule has 0 spiro atoms. The van der Waals surface area contributed by atoms with Gasteiger partial charge in [-0.1, -0.05) is 163 Å². The van der Waals surface area contributed by atoms with Crippen molar-refractivity contribution in [2.24, 2.45) is 0 Å². The maximum absolute atomic E-state index is 7.33. The second kappa shape index (κ2) is 41.2. The summed E-state index contributed by atoms with van der Waals surface area (Å²) < 4.78 is 43.7. The summed E-state index contributed by atoms with van der Waals surface area (Å²) in [6.45, 7) is 4.22. The van der Waals surface area contributed by atoms with E-state index in [-0.39, 0.29) is 65.9 Å². The minimum absolute atomic E-state index is 0. The van der Waals surface area contributed by atoms with Crippen LogP contribution in [0.25, 0.3) is 133 Å². The number of pyridine rings is 6. The first-order chi connectivity index (χ1) is 55.4. The van der Waals surface area contributed by atoms with Crippen molar-refractivity contribution >= 4 is 32.3 Å². The van der Waals surface area contributed by atoms with Crippen LogP contribution >= 0.6 is 0 Å². The topological polar surface area (TPSA) is 77.3 Å². The molecule has 6 aromatic heterocycles. The molecule has 0 aliphatic rings. The Morgan fingerprint density at radius 2 is 0.568 bits per heavy atom. The van der Waals surface area contributed by atoms with Crippen LogP contribution < -0.4 is 0 Å². The normalized spacial score (nSPS) is 11.2. The van der Waals surface area contributed by atoms with E-state index in [0.29, 0.717) is 11.3 Å². The van der Waals surface area contributed by atoms with Gasteiger partial charge in [0.15, 0.2) is 0 Å². The third-order valence-electron chi connectivity index (χ3n) is 17.8. The smallest absolute Gasteiger partial charge is 0.0280 e. The number of hydrogen-bond donors (Lipinski definition) is 0. The Bertz CT molecular complexity index is 5800. The molecule has 549 valence electrons. The Morgan fingerprint density at radius 1 is 0.243 bits per heavy atom. The Hall–Kier alpha value is -11.7. The Kier molecular flexibility index (Phi) is 27.2. The van der Waals surface area contributed by atoms with Crippen LogP contribution in [0, 0.1) is 77.8 Å². The zero-order valence-electron chi connectivity index (χ0n) is 67.3. The van der Waals surface area contributed by atoms with Crippen LogP contribution in [0.4, 0.5) is 0 Å². The molecule has 6 nitrogen and oxygen atoms in total. The van der Waals surface area contributed by atoms with Gasteiger partial charge in [0.25, 0.3) is 0 Å². The van der Waals surface area contributed by atoms with Crippen LogP contribution in [0.15, 0.2) is 365 Å². The molecule has 0 aliphatic heterocycles. The summed E-state index contributed by atoms with van der Waals surface area (Å²) in [5.41, 5.74) is 23.5. The van der Waals surface area contributed by atoms with E-state index in [1.807, 2.05) is 177 Å². The molecular formula is C102H78Ir3N6-6. The van der Waals surface area contributed by atoms with Crippen molar-refractivity contribution in [3.05, 3.63) is 435 Å². The largest absolute Gasteiger partial charge is 0.305 e. The van der Waals surface area contributed by atoms with Gasteiger partial charge < -0.3 is 29.9 Å². The molecule has 0 saturated carbocycles. The molecule has 18 aromatic rings. The summed E-state index contributed by atoms with van der Waals surface area (Å²) in [4.78, 5) is 26.6. The quantitative estimate of drug-likeness (QED) is 0.134. The minimum atomic E-state index is -2.09. The van der Waals surface area contributed by atoms with Crippen LogP contribution in [0.1, 0.15) is 41.7 Å². The second-order valence-electron chi connectivity index (χ2n) is 25.5. The number of hydrogen-bond acceptors (Lipinski definition) is 6. The molecule has 111 heavy (non-hydrogen) atoms. The first-order valence-electron chi connectivity index (χ1n) is 38.5. The predicted molar refractivity (Wildman–Crippen MR) is 448 cm³/mol. The van der Waals surface area contributed by atoms with Crippen molar-refractivity contribution in [1.29, 1.82) is 0 Å². The van der Waals surface area contributed by atoms with Crippen LogP contribution in [0.3, 0.4) is 0 Å². The van der Waals surface area contributed by atoms with Crippen molar-refractivity contribution in [2.45, 2.75) is 41.4 Å². The molecule has 0 saturated heterocycles. The summed E-state index contributed by atoms with van der Waals surface area (Å²) >= 11 is 0. The van der Waals surface area contributed by atoms with Gasteiger partial charge in [-0.25, -0.2) is 0 Å². The first kappa shape index (κ1) is 73.4. The third kappa shape index (κ3) is 22.5. The van der Waals surface area contributed by atoms with E-state index >= 15 is 0 Å². The van der Waals surface area contributed by atoms with E-state index in [4.69, 9.17) is 8.22 Å². The molecule has 3 radical (unpaired) electrons. The fraction of sp³-hybridized carbons (Fsp3) is 0.0588. The summed E-state index contributed by atoms with van der Waals surface area (Å²) in [7, 11) is 0. The summed E-state index contributed by atoms with van der Waals surface area (Å²) in [5, 5.41) is 7.55. The predicted octanol–water partition coefficient (Wildman–Crippen LogP) is 25.6. The van der Waals surface area contributed by atoms with E-state index < -0.39 is 13.7 Å². The molecule has 0 atom stereocenters. The van der Waals surface area contributed by atoms with Gasteiger partial charge in [-0.05, 0) is 177 Å². The molecule has 9 heteroatoms. The van der Waals surface area contributed by atoms with E-state index in [1.165, 1.54) is 101 Å². The van der Waals surface area contributed by atoms with Crippen LogP contribution in [-0.2, 0) is 60.3 Å². The van der Waals surface area contributed by atoms with Gasteiger partial charge in [0, 0.05) is 122 Å². The van der Waals surface area contributed by atoms with Gasteiger partial charge in [-0.3, -0.25) is 0 Å². The number of rotatable bonds is 9. The van der Waals surface area contributed by atoms with Gasteiger partial charge in [0.05, 0.1) is 0 Å². The monoisotopic (exact) mass is 1970 g/mol. The van der Waals surface area contributed by atoms with Crippen LogP contribution in [0.5, 0.6) is 0 Å². The molecule has 0 bridgehead atoms. The number of fused-ring (bicyclic) bond motifs is 3. The molecular weight excluding hydrogens is 1890 g/mol. The molecule has 18 rings (SSSR count). The van der Waals surface area contributed by atoms with Gasteiger partial charge in [0.1, 0.15) is 0 Å². The zero-order chi connectivity index (χ0) is 79.2. The summed E-state index contributed by atoms with van der Waals surface area (Å²) in [5.74, 6) is 0. The second-order valence-corrected chi connectivity index (χ2v) is 25.5. The minimum Gasteiger partial charge on any atom is -0.305 e. The third-order valence-corrected chi connectivity index (χ3v) is 17.8. The SMILES string of the molecule is Cc1cc(-c2[c-]cccc2)ncc1-c1ccc2ccccc2c1.Cc1cc(-c2[c-]cccc2)ncc1-c1ccc2ccccc2c1.Cc1cc(-c2[c-]cccc2)ncc1-c1ccc2ccccc2c1.Cc1cccc(-c2[c-]cccc2)n1.[2H]C([2H])([2H])c1ccc(-c2[c-]cccc2)nc1.[2H]C([2H])([2H])c1ccnc(-c2[c-]cccc2)c1.[Ir].[Ir].[Ir]. The van der Waals surface area contributed by atoms with E-state index in [9.17, 15) is 0 Å². The average molecular weight is 1970 g/mol. The Morgan fingerprint density at radius 3 is 0.883 bits per heavy atom. The number of benzene rings is 12. The van der Waals surface area contributed by atoms with E-state index in [2.05, 4.69) is 233 Å². The average Bonchev–Trinajstić information content (AvgIpc) is 0.823. The van der Waals surface area contributed by atoms with E-state index in [1.54, 1.807) is 30.3 Å². The number of nitrogens with zero attached hydrogens (tertiary/aromatic N) is 6. The standard InChI is InChI=1S/3C22H16N.3C12H10N.3Ir/c3*1-16-13-22(18-8-3-2-4-9-18)23-15-21(16)20-12-11-17-7-5-6-10-19(17)14-20;1-10-6-5-9-12(13-10)11-7-3-2-4-8-11;1-10-7-8-13-12(9-10)11-5-3-2-4-6-11;1-10-7-8-12(13-9-10)11-5-3-2-4-6-11;;;/h3*2-8,10-15H,1H3;2-7,9H,1H3;2*2-5,7-9H,1H3;;;/q6*-1;;;/i;;;;2*1D3;;;. The van der Waals surface area contributed by atoms with Crippen LogP contribution in [-0.4, -0.2) is 29.9 Å². The summed E-state index contributed by atoms with van der Waals surface area (Å²) in [6.07, 6.45) is 8.81. The van der Waals surface area contributed by atoms with E-state index in [0.717, 1.165) is 67.5 Å². The van der Waals surface area contributed by atoms with Gasteiger partial charge in [0.2, 0.25) is 0 Å². The van der Waals surface area contributed by atoms with Gasteiger partial charge in [-0.2, -0.15) is 0 Å². The summed E-state index contributed by atoms with van der Waals surface area (Å²) in [6, 6.07) is 129. The number of aromatic nitrogens is 6. The maximum atomic E-state index is 7.33. The zero-order valence-corrected chi connectivity index (χ0v) is 68.5. The first-order valence-corrected chi connectivity index (χ1v) is 35.5. The number of aryl methyl sites for hydroxylation is 6. The molecule has 0 aliphatic carbocycles. The Labute approximate surface area is 702 Å². The fourth-order valence-corrected chi connectivity index (χ4v) is 12.2. The maximum Gasteiger partial charge on any atom is 0.0280 e. The van der Waals surface area contributed by atoms with Crippen LogP contribution in [0.2, 0.25) is 0 Å². The van der Waals surface area contributed by atoms with Crippen molar-refractivity contribution < 1.29 is 68.5 Å². The molecule has 0 N–H and O–H groups in total. The van der Waals surface area contributed by atoms with Crippen molar-refractivity contribution in [3.8, 4) is 101 Å². The Balaban J connectivity index is 0.000000149. The molecule has 0 amide bonds.